The highest BCUT2D eigenvalue weighted by atomic mass is 19.4. The van der Waals surface area contributed by atoms with Crippen LogP contribution in [-0.4, -0.2) is 37.9 Å². The molecule has 136 valence electrons. The molecule has 0 aliphatic heterocycles. The molecule has 2 aromatic heterocycles. The Labute approximate surface area is 142 Å². The first-order valence-electron chi connectivity index (χ1n) is 8.13. The number of alkyl halides is 3. The van der Waals surface area contributed by atoms with Gasteiger partial charge in [-0.15, -0.1) is 0 Å². The van der Waals surface area contributed by atoms with Gasteiger partial charge < -0.3 is 10.4 Å². The van der Waals surface area contributed by atoms with Crippen molar-refractivity contribution in [3.63, 3.8) is 0 Å². The molecule has 1 aliphatic rings. The van der Waals surface area contributed by atoms with Crippen molar-refractivity contribution in [1.29, 1.82) is 0 Å². The van der Waals surface area contributed by atoms with E-state index in [0.717, 1.165) is 11.9 Å². The normalized spacial score (nSPS) is 24.0. The average molecular weight is 355 g/mol. The number of rotatable bonds is 5. The Kier molecular flexibility index (Phi) is 5.05. The second-order valence-electron chi connectivity index (χ2n) is 6.40. The van der Waals surface area contributed by atoms with Crippen molar-refractivity contribution in [2.75, 3.05) is 6.54 Å². The third-order valence-electron chi connectivity index (χ3n) is 4.53. The molecule has 0 unspecified atom stereocenters. The van der Waals surface area contributed by atoms with Gasteiger partial charge in [-0.2, -0.15) is 18.3 Å². The molecule has 3 rings (SSSR count). The van der Waals surface area contributed by atoms with E-state index in [2.05, 4.69) is 25.5 Å². The molecule has 0 spiro atoms. The summed E-state index contributed by atoms with van der Waals surface area (Å²) in [5.74, 6) is 1.42. The first-order valence-corrected chi connectivity index (χ1v) is 8.13. The Bertz CT molecular complexity index is 718. The van der Waals surface area contributed by atoms with Crippen LogP contribution in [0.15, 0.2) is 18.3 Å². The van der Waals surface area contributed by atoms with Gasteiger partial charge in [-0.25, -0.2) is 4.98 Å². The highest BCUT2D eigenvalue weighted by Gasteiger charge is 2.36. The predicted molar refractivity (Wildman–Crippen MR) is 83.5 cm³/mol. The van der Waals surface area contributed by atoms with Crippen LogP contribution in [0.2, 0.25) is 0 Å². The summed E-state index contributed by atoms with van der Waals surface area (Å²) in [7, 11) is 0. The number of halogens is 3. The molecule has 1 aliphatic carbocycles. The molecule has 9 heteroatoms. The molecule has 6 nitrogen and oxygen atoms in total. The van der Waals surface area contributed by atoms with E-state index in [1.54, 1.807) is 0 Å². The maximum Gasteiger partial charge on any atom is 0.418 e. The van der Waals surface area contributed by atoms with E-state index >= 15 is 0 Å². The lowest BCUT2D eigenvalue weighted by Gasteiger charge is -2.16. The SMILES string of the molecule is Cc1nc([C@H]2C[C@H](CNCc3ncccc3C(F)(F)F)[C@H](O)C2)n[nH]1. The van der Waals surface area contributed by atoms with E-state index in [9.17, 15) is 18.3 Å². The van der Waals surface area contributed by atoms with E-state index in [1.165, 1.54) is 12.3 Å². The van der Waals surface area contributed by atoms with E-state index in [1.807, 2.05) is 6.92 Å². The number of hydrogen-bond donors (Lipinski definition) is 3. The summed E-state index contributed by atoms with van der Waals surface area (Å²) < 4.78 is 38.9. The van der Waals surface area contributed by atoms with Gasteiger partial charge in [0, 0.05) is 25.2 Å². The van der Waals surface area contributed by atoms with Crippen LogP contribution in [0.3, 0.4) is 0 Å². The molecule has 0 aromatic carbocycles. The standard InChI is InChI=1S/C16H20F3N5O/c1-9-22-15(24-23-9)10-5-11(14(25)6-10)7-20-8-13-12(16(17,18)19)3-2-4-21-13/h2-4,10-11,14,20,25H,5-8H2,1H3,(H,22,23,24)/t10-,11+,14+/m0/s1. The lowest BCUT2D eigenvalue weighted by molar-refractivity contribution is -0.138. The van der Waals surface area contributed by atoms with Crippen LogP contribution >= 0.6 is 0 Å². The minimum absolute atomic E-state index is 0.00331. The van der Waals surface area contributed by atoms with E-state index in [-0.39, 0.29) is 24.1 Å². The largest absolute Gasteiger partial charge is 0.418 e. The van der Waals surface area contributed by atoms with Gasteiger partial charge in [0.05, 0.1) is 17.4 Å². The second kappa shape index (κ2) is 7.09. The molecule has 1 saturated carbocycles. The van der Waals surface area contributed by atoms with Crippen LogP contribution in [0.5, 0.6) is 0 Å². The zero-order chi connectivity index (χ0) is 18.0. The summed E-state index contributed by atoms with van der Waals surface area (Å²) in [5.41, 5.74) is -0.771. The van der Waals surface area contributed by atoms with Crippen molar-refractivity contribution in [3.8, 4) is 0 Å². The van der Waals surface area contributed by atoms with Crippen LogP contribution in [0.25, 0.3) is 0 Å². The van der Waals surface area contributed by atoms with Crippen molar-refractivity contribution in [2.45, 2.75) is 44.5 Å². The fourth-order valence-corrected chi connectivity index (χ4v) is 3.29. The Morgan fingerprint density at radius 1 is 1.36 bits per heavy atom. The lowest BCUT2D eigenvalue weighted by Crippen LogP contribution is -2.28. The number of nitrogens with one attached hydrogen (secondary N) is 2. The number of aliphatic hydroxyl groups is 1. The highest BCUT2D eigenvalue weighted by Crippen LogP contribution is 2.37. The molecule has 3 atom stereocenters. The van der Waals surface area contributed by atoms with Gasteiger partial charge in [0.2, 0.25) is 0 Å². The molecule has 0 amide bonds. The highest BCUT2D eigenvalue weighted by molar-refractivity contribution is 5.22. The van der Waals surface area contributed by atoms with Gasteiger partial charge >= 0.3 is 6.18 Å². The fraction of sp³-hybridized carbons (Fsp3) is 0.562. The average Bonchev–Trinajstić information content (AvgIpc) is 3.13. The van der Waals surface area contributed by atoms with Crippen LogP contribution in [0.4, 0.5) is 13.2 Å². The number of aliphatic hydroxyl groups excluding tert-OH is 1. The first kappa shape index (κ1) is 17.8. The monoisotopic (exact) mass is 355 g/mol. The van der Waals surface area contributed by atoms with E-state index in [4.69, 9.17) is 0 Å². The zero-order valence-electron chi connectivity index (χ0n) is 13.7. The van der Waals surface area contributed by atoms with Crippen LogP contribution in [-0.2, 0) is 12.7 Å². The minimum Gasteiger partial charge on any atom is -0.393 e. The molecule has 3 N–H and O–H groups in total. The maximum atomic E-state index is 13.0. The predicted octanol–water partition coefficient (Wildman–Crippen LogP) is 2.17. The summed E-state index contributed by atoms with van der Waals surface area (Å²) in [6.07, 6.45) is -2.35. The van der Waals surface area contributed by atoms with Gasteiger partial charge in [0.25, 0.3) is 0 Å². The van der Waals surface area contributed by atoms with Gasteiger partial charge in [-0.1, -0.05) is 0 Å². The summed E-state index contributed by atoms with van der Waals surface area (Å²) in [4.78, 5) is 8.12. The molecule has 2 heterocycles. The zero-order valence-corrected chi connectivity index (χ0v) is 13.7. The molecule has 1 fully saturated rings. The van der Waals surface area contributed by atoms with Crippen molar-refractivity contribution < 1.29 is 18.3 Å². The quantitative estimate of drug-likeness (QED) is 0.765. The van der Waals surface area contributed by atoms with Gasteiger partial charge in [0.15, 0.2) is 5.82 Å². The minimum atomic E-state index is -4.42. The molecular formula is C16H20F3N5O. The number of aromatic amines is 1. The van der Waals surface area contributed by atoms with Crippen molar-refractivity contribution in [3.05, 3.63) is 41.2 Å². The van der Waals surface area contributed by atoms with Gasteiger partial charge in [0.1, 0.15) is 5.82 Å². The molecule has 0 saturated heterocycles. The molecule has 2 aromatic rings. The summed E-state index contributed by atoms with van der Waals surface area (Å²) in [6, 6.07) is 2.30. The number of pyridine rings is 1. The Morgan fingerprint density at radius 3 is 2.84 bits per heavy atom. The number of aryl methyl sites for hydroxylation is 1. The lowest BCUT2D eigenvalue weighted by atomic mass is 10.0. The van der Waals surface area contributed by atoms with Gasteiger partial charge in [-0.05, 0) is 37.8 Å². The summed E-state index contributed by atoms with van der Waals surface area (Å²) >= 11 is 0. The summed E-state index contributed by atoms with van der Waals surface area (Å²) in [6.45, 7) is 2.23. The molecule has 0 bridgehead atoms. The van der Waals surface area contributed by atoms with E-state index in [0.29, 0.717) is 25.2 Å². The molecule has 25 heavy (non-hydrogen) atoms. The number of nitrogens with zero attached hydrogens (tertiary/aromatic N) is 3. The van der Waals surface area contributed by atoms with Crippen molar-refractivity contribution in [2.24, 2.45) is 5.92 Å². The summed E-state index contributed by atoms with van der Waals surface area (Å²) in [5, 5.41) is 20.1. The number of hydrogen-bond acceptors (Lipinski definition) is 5. The first-order chi connectivity index (χ1) is 11.8. The van der Waals surface area contributed by atoms with E-state index < -0.39 is 17.8 Å². The number of H-pyrrole nitrogens is 1. The smallest absolute Gasteiger partial charge is 0.393 e. The van der Waals surface area contributed by atoms with Crippen LogP contribution in [0, 0.1) is 12.8 Å². The third kappa shape index (κ3) is 4.16. The molecule has 0 radical (unpaired) electrons. The molecular weight excluding hydrogens is 335 g/mol. The Morgan fingerprint density at radius 2 is 2.16 bits per heavy atom. The van der Waals surface area contributed by atoms with Crippen molar-refractivity contribution in [1.82, 2.24) is 25.5 Å². The fourth-order valence-electron chi connectivity index (χ4n) is 3.29. The van der Waals surface area contributed by atoms with Crippen LogP contribution in [0.1, 0.15) is 41.7 Å². The Hall–Kier alpha value is -2.00. The maximum absolute atomic E-state index is 13.0. The second-order valence-corrected chi connectivity index (χ2v) is 6.40. The topological polar surface area (TPSA) is 86.7 Å². The van der Waals surface area contributed by atoms with Gasteiger partial charge in [-0.3, -0.25) is 10.1 Å². The third-order valence-corrected chi connectivity index (χ3v) is 4.53. The van der Waals surface area contributed by atoms with Crippen molar-refractivity contribution >= 4 is 0 Å². The number of aromatic nitrogens is 4. The van der Waals surface area contributed by atoms with Crippen LogP contribution < -0.4 is 5.32 Å². The Balaban J connectivity index is 1.56.